The lowest BCUT2D eigenvalue weighted by molar-refractivity contribution is 0.243. The molecule has 0 radical (unpaired) electrons. The number of carbonyl (C=O) groups excluding carboxylic acids is 1. The number of imidazole rings is 1. The Bertz CT molecular complexity index is 509. The smallest absolute Gasteiger partial charge is 0.314 e. The van der Waals surface area contributed by atoms with Gasteiger partial charge in [0.15, 0.2) is 11.5 Å². The molecule has 17 heavy (non-hydrogen) atoms. The predicted octanol–water partition coefficient (Wildman–Crippen LogP) is -0.306. The van der Waals surface area contributed by atoms with Crippen LogP contribution in [0.25, 0.3) is 11.2 Å². The zero-order valence-electron chi connectivity index (χ0n) is 9.32. The first-order valence-electron chi connectivity index (χ1n) is 5.15. The van der Waals surface area contributed by atoms with E-state index in [4.69, 9.17) is 0 Å². The van der Waals surface area contributed by atoms with Gasteiger partial charge in [0.05, 0.1) is 6.33 Å². The number of nitrogens with zero attached hydrogens (tertiary/aromatic N) is 3. The first-order valence-corrected chi connectivity index (χ1v) is 5.15. The van der Waals surface area contributed by atoms with Gasteiger partial charge in [-0.05, 0) is 0 Å². The third-order valence-corrected chi connectivity index (χ3v) is 2.15. The van der Waals surface area contributed by atoms with Gasteiger partial charge < -0.3 is 20.9 Å². The van der Waals surface area contributed by atoms with Crippen LogP contribution >= 0.6 is 0 Å². The van der Waals surface area contributed by atoms with Gasteiger partial charge in [-0.25, -0.2) is 19.7 Å². The SMILES string of the molecule is CNC(=O)NCCNc1ncnc2nc[nH]c12. The van der Waals surface area contributed by atoms with Crippen LogP contribution in [0.5, 0.6) is 0 Å². The highest BCUT2D eigenvalue weighted by molar-refractivity contribution is 5.81. The van der Waals surface area contributed by atoms with Crippen molar-refractivity contribution in [2.45, 2.75) is 0 Å². The summed E-state index contributed by atoms with van der Waals surface area (Å²) in [5.41, 5.74) is 1.37. The monoisotopic (exact) mass is 235 g/mol. The fraction of sp³-hybridized carbons (Fsp3) is 0.333. The van der Waals surface area contributed by atoms with Crippen molar-refractivity contribution in [3.05, 3.63) is 12.7 Å². The molecule has 2 aromatic rings. The molecule has 0 aromatic carbocycles. The molecule has 2 heterocycles. The molecule has 0 unspecified atom stereocenters. The quantitative estimate of drug-likeness (QED) is 0.544. The topological polar surface area (TPSA) is 108 Å². The summed E-state index contributed by atoms with van der Waals surface area (Å²) >= 11 is 0. The number of H-pyrrole nitrogens is 1. The van der Waals surface area contributed by atoms with Crippen LogP contribution in [0, 0.1) is 0 Å². The summed E-state index contributed by atoms with van der Waals surface area (Å²) in [6, 6.07) is -0.207. The van der Waals surface area contributed by atoms with E-state index in [1.54, 1.807) is 13.4 Å². The molecule has 2 amide bonds. The second kappa shape index (κ2) is 5.10. The fourth-order valence-electron chi connectivity index (χ4n) is 1.34. The third-order valence-electron chi connectivity index (χ3n) is 2.15. The molecular weight excluding hydrogens is 222 g/mol. The molecule has 0 saturated heterocycles. The minimum atomic E-state index is -0.207. The maximum atomic E-state index is 10.9. The second-order valence-electron chi connectivity index (χ2n) is 3.26. The molecule has 4 N–H and O–H groups in total. The molecule has 0 fully saturated rings. The van der Waals surface area contributed by atoms with Crippen LogP contribution in [0.4, 0.5) is 10.6 Å². The number of nitrogens with one attached hydrogen (secondary N) is 4. The van der Waals surface area contributed by atoms with E-state index in [1.807, 2.05) is 0 Å². The van der Waals surface area contributed by atoms with Gasteiger partial charge in [-0.3, -0.25) is 0 Å². The lowest BCUT2D eigenvalue weighted by Crippen LogP contribution is -2.35. The van der Waals surface area contributed by atoms with Gasteiger partial charge in [0.1, 0.15) is 11.8 Å². The summed E-state index contributed by atoms with van der Waals surface area (Å²) in [5, 5.41) is 8.22. The van der Waals surface area contributed by atoms with E-state index >= 15 is 0 Å². The summed E-state index contributed by atoms with van der Waals surface area (Å²) < 4.78 is 0. The molecule has 8 heteroatoms. The summed E-state index contributed by atoms with van der Waals surface area (Å²) in [6.07, 6.45) is 3.00. The van der Waals surface area contributed by atoms with Crippen molar-refractivity contribution in [3.63, 3.8) is 0 Å². The summed E-state index contributed by atoms with van der Waals surface area (Å²) in [7, 11) is 1.57. The fourth-order valence-corrected chi connectivity index (χ4v) is 1.34. The maximum Gasteiger partial charge on any atom is 0.314 e. The van der Waals surface area contributed by atoms with Crippen LogP contribution in [0.15, 0.2) is 12.7 Å². The van der Waals surface area contributed by atoms with Crippen LogP contribution in [0.3, 0.4) is 0 Å². The summed E-state index contributed by atoms with van der Waals surface area (Å²) in [5.74, 6) is 0.672. The van der Waals surface area contributed by atoms with Crippen LogP contribution in [0.1, 0.15) is 0 Å². The molecule has 90 valence electrons. The van der Waals surface area contributed by atoms with Crippen molar-refractivity contribution in [3.8, 4) is 0 Å². The molecular formula is C9H13N7O. The number of rotatable bonds is 4. The Labute approximate surface area is 97.3 Å². The Kier molecular flexibility index (Phi) is 3.34. The van der Waals surface area contributed by atoms with Crippen molar-refractivity contribution in [2.24, 2.45) is 0 Å². The Morgan fingerprint density at radius 3 is 3.06 bits per heavy atom. The molecule has 0 saturated carbocycles. The highest BCUT2D eigenvalue weighted by Crippen LogP contribution is 2.13. The molecule has 8 nitrogen and oxygen atoms in total. The normalized spacial score (nSPS) is 10.2. The maximum absolute atomic E-state index is 10.9. The number of fused-ring (bicyclic) bond motifs is 1. The van der Waals surface area contributed by atoms with Gasteiger partial charge in [-0.15, -0.1) is 0 Å². The van der Waals surface area contributed by atoms with E-state index in [2.05, 4.69) is 35.9 Å². The van der Waals surface area contributed by atoms with E-state index in [-0.39, 0.29) is 6.03 Å². The average Bonchev–Trinajstić information content (AvgIpc) is 2.83. The number of carbonyl (C=O) groups is 1. The van der Waals surface area contributed by atoms with Gasteiger partial charge in [-0.1, -0.05) is 0 Å². The lowest BCUT2D eigenvalue weighted by atomic mass is 10.5. The minimum Gasteiger partial charge on any atom is -0.366 e. The lowest BCUT2D eigenvalue weighted by Gasteiger charge is -2.06. The largest absolute Gasteiger partial charge is 0.366 e. The van der Waals surface area contributed by atoms with Crippen molar-refractivity contribution >= 4 is 23.0 Å². The number of hydrogen-bond acceptors (Lipinski definition) is 5. The van der Waals surface area contributed by atoms with Crippen molar-refractivity contribution in [1.29, 1.82) is 0 Å². The van der Waals surface area contributed by atoms with Gasteiger partial charge in [-0.2, -0.15) is 0 Å². The number of anilines is 1. The second-order valence-corrected chi connectivity index (χ2v) is 3.26. The molecule has 0 bridgehead atoms. The van der Waals surface area contributed by atoms with Crippen LogP contribution < -0.4 is 16.0 Å². The number of aromatic nitrogens is 4. The molecule has 2 rings (SSSR count). The molecule has 0 aliphatic carbocycles. The van der Waals surface area contributed by atoms with Gasteiger partial charge >= 0.3 is 6.03 Å². The molecule has 0 aliphatic rings. The predicted molar refractivity (Wildman–Crippen MR) is 62.6 cm³/mol. The zero-order chi connectivity index (χ0) is 12.1. The molecule has 2 aromatic heterocycles. The van der Waals surface area contributed by atoms with Gasteiger partial charge in [0, 0.05) is 20.1 Å². The first-order chi connectivity index (χ1) is 8.31. The summed E-state index contributed by atoms with van der Waals surface area (Å²) in [6.45, 7) is 1.07. The Morgan fingerprint density at radius 2 is 2.24 bits per heavy atom. The number of amides is 2. The van der Waals surface area contributed by atoms with E-state index in [9.17, 15) is 4.79 Å². The number of hydrogen-bond donors (Lipinski definition) is 4. The van der Waals surface area contributed by atoms with Crippen molar-refractivity contribution < 1.29 is 4.79 Å². The summed E-state index contributed by atoms with van der Waals surface area (Å²) in [4.78, 5) is 26.0. The Balaban J connectivity index is 1.91. The first kappa shape index (κ1) is 11.1. The number of urea groups is 1. The molecule has 0 atom stereocenters. The van der Waals surface area contributed by atoms with Crippen LogP contribution in [-0.2, 0) is 0 Å². The standard InChI is InChI=1S/C9H13N7O/c1-10-9(17)12-3-2-11-7-6-8(14-4-13-6)16-5-15-7/h4-5H,2-3H2,1H3,(H2,10,12,17)(H2,11,13,14,15,16). The Morgan fingerprint density at radius 1 is 1.35 bits per heavy atom. The minimum absolute atomic E-state index is 0.207. The Hall–Kier alpha value is -2.38. The molecule has 0 aliphatic heterocycles. The van der Waals surface area contributed by atoms with Crippen molar-refractivity contribution in [1.82, 2.24) is 30.6 Å². The van der Waals surface area contributed by atoms with Crippen molar-refractivity contribution in [2.75, 3.05) is 25.5 Å². The van der Waals surface area contributed by atoms with Gasteiger partial charge in [0.25, 0.3) is 0 Å². The van der Waals surface area contributed by atoms with E-state index < -0.39 is 0 Å². The number of aromatic amines is 1. The van der Waals surface area contributed by atoms with E-state index in [0.717, 1.165) is 5.52 Å². The van der Waals surface area contributed by atoms with E-state index in [0.29, 0.717) is 24.6 Å². The highest BCUT2D eigenvalue weighted by atomic mass is 16.2. The van der Waals surface area contributed by atoms with E-state index in [1.165, 1.54) is 6.33 Å². The third kappa shape index (κ3) is 2.60. The highest BCUT2D eigenvalue weighted by Gasteiger charge is 2.04. The average molecular weight is 235 g/mol. The van der Waals surface area contributed by atoms with Gasteiger partial charge in [0.2, 0.25) is 0 Å². The molecule has 0 spiro atoms. The van der Waals surface area contributed by atoms with Crippen LogP contribution in [-0.4, -0.2) is 46.1 Å². The zero-order valence-corrected chi connectivity index (χ0v) is 9.32. The van der Waals surface area contributed by atoms with Crippen LogP contribution in [0.2, 0.25) is 0 Å².